The summed E-state index contributed by atoms with van der Waals surface area (Å²) in [6.07, 6.45) is 46.5. The van der Waals surface area contributed by atoms with Crippen molar-refractivity contribution in [1.82, 2.24) is 0 Å². The van der Waals surface area contributed by atoms with Gasteiger partial charge >= 0.3 is 17.9 Å². The number of hydrogen-bond acceptors (Lipinski definition) is 6. The molecule has 0 spiro atoms. The molecule has 2 unspecified atom stereocenters. The third-order valence-corrected chi connectivity index (χ3v) is 8.53. The highest BCUT2D eigenvalue weighted by Gasteiger charge is 2.31. The van der Waals surface area contributed by atoms with Crippen molar-refractivity contribution in [3.63, 3.8) is 0 Å². The van der Waals surface area contributed by atoms with E-state index in [9.17, 15) is 19.5 Å². The molecule has 306 valence electrons. The molecule has 54 heavy (non-hydrogen) atoms. The number of allylic oxidation sites excluding steroid dienone is 14. The van der Waals surface area contributed by atoms with Crippen LogP contribution in [0.4, 0.5) is 0 Å². The molecule has 0 heterocycles. The fourth-order valence-electron chi connectivity index (χ4n) is 5.32. The molecule has 0 aliphatic heterocycles. The molecule has 0 aromatic heterocycles. The molecular weight excluding hydrogens is 679 g/mol. The van der Waals surface area contributed by atoms with E-state index in [-0.39, 0.29) is 42.7 Å². The number of carboxylic acid groups (broad SMARTS) is 1. The average molecular weight is 755 g/mol. The number of likely N-dealkylation sites (N-methyl/N-ethyl adjacent to an activating group) is 1. The largest absolute Gasteiger partial charge is 0.477 e. The number of hydrogen-bond donors (Lipinski definition) is 1. The van der Waals surface area contributed by atoms with E-state index >= 15 is 0 Å². The highest BCUT2D eigenvalue weighted by atomic mass is 16.6. The summed E-state index contributed by atoms with van der Waals surface area (Å²) in [6, 6.07) is -0.631. The van der Waals surface area contributed by atoms with Gasteiger partial charge in [0.1, 0.15) is 6.61 Å². The molecule has 2 atom stereocenters. The van der Waals surface area contributed by atoms with Gasteiger partial charge in [-0.2, -0.15) is 0 Å². The number of rotatable bonds is 35. The van der Waals surface area contributed by atoms with Crippen LogP contribution in [0, 0.1) is 0 Å². The van der Waals surface area contributed by atoms with Crippen molar-refractivity contribution in [2.75, 3.05) is 41.0 Å². The van der Waals surface area contributed by atoms with Gasteiger partial charge in [-0.3, -0.25) is 9.59 Å². The van der Waals surface area contributed by atoms with E-state index in [0.29, 0.717) is 25.7 Å². The van der Waals surface area contributed by atoms with Crippen LogP contribution in [0.25, 0.3) is 0 Å². The molecule has 0 saturated carbocycles. The third-order valence-electron chi connectivity index (χ3n) is 8.53. The van der Waals surface area contributed by atoms with E-state index in [1.165, 1.54) is 25.7 Å². The van der Waals surface area contributed by atoms with E-state index in [1.54, 1.807) is 0 Å². The fraction of sp³-hybridized carbons (Fsp3) is 0.630. The number of nitrogens with zero attached hydrogens (tertiary/aromatic N) is 1. The summed E-state index contributed by atoms with van der Waals surface area (Å²) in [5, 5.41) is 9.59. The Hall–Kier alpha value is -3.49. The molecule has 1 N–H and O–H groups in total. The first-order valence-electron chi connectivity index (χ1n) is 20.6. The number of carbonyl (C=O) groups is 3. The number of aliphatic carboxylic acids is 1. The highest BCUT2D eigenvalue weighted by molar-refractivity contribution is 5.72. The number of carbonyl (C=O) groups excluding carboxylic acids is 2. The molecule has 0 rings (SSSR count). The number of esters is 2. The lowest BCUT2D eigenvalue weighted by molar-refractivity contribution is -0.887. The molecule has 0 radical (unpaired) electrons. The topological polar surface area (TPSA) is 99.1 Å². The normalized spacial score (nSPS) is 13.9. The van der Waals surface area contributed by atoms with Crippen molar-refractivity contribution >= 4 is 17.9 Å². The van der Waals surface area contributed by atoms with Crippen LogP contribution in [0.5, 0.6) is 0 Å². The number of carboxylic acids is 1. The van der Waals surface area contributed by atoms with Gasteiger partial charge in [0.15, 0.2) is 12.1 Å². The SMILES string of the molecule is CC/C=C/C/C=C/CCCCC(=O)OCC(COCCC(C(=O)O)[N+](C)(C)C)OC(=O)CCCC/C=C/C/C=C/C/C=C/C/C=C/C/C=C/CCCCC. The van der Waals surface area contributed by atoms with Crippen LogP contribution >= 0.6 is 0 Å². The van der Waals surface area contributed by atoms with Gasteiger partial charge in [-0.05, 0) is 89.9 Å². The summed E-state index contributed by atoms with van der Waals surface area (Å²) >= 11 is 0. The van der Waals surface area contributed by atoms with Gasteiger partial charge in [0, 0.05) is 19.3 Å². The summed E-state index contributed by atoms with van der Waals surface area (Å²) in [5.41, 5.74) is 0. The zero-order valence-electron chi connectivity index (χ0n) is 34.6. The first-order valence-corrected chi connectivity index (χ1v) is 20.6. The van der Waals surface area contributed by atoms with Crippen LogP contribution in [-0.2, 0) is 28.6 Å². The minimum Gasteiger partial charge on any atom is -0.477 e. The molecule has 0 aliphatic carbocycles. The molecule has 0 aliphatic rings. The molecule has 0 aromatic carbocycles. The second-order valence-electron chi connectivity index (χ2n) is 14.5. The third kappa shape index (κ3) is 34.3. The van der Waals surface area contributed by atoms with Crippen LogP contribution in [-0.4, -0.2) is 80.6 Å². The van der Waals surface area contributed by atoms with Crippen molar-refractivity contribution in [3.05, 3.63) is 85.1 Å². The summed E-state index contributed by atoms with van der Waals surface area (Å²) < 4.78 is 17.1. The average Bonchev–Trinajstić information content (AvgIpc) is 3.12. The Morgan fingerprint density at radius 1 is 0.574 bits per heavy atom. The Labute approximate surface area is 329 Å². The van der Waals surface area contributed by atoms with Crippen molar-refractivity contribution in [2.45, 2.75) is 148 Å². The van der Waals surface area contributed by atoms with Crippen LogP contribution in [0.2, 0.25) is 0 Å². The van der Waals surface area contributed by atoms with Crippen LogP contribution in [0.3, 0.4) is 0 Å². The Kier molecular flexibility index (Phi) is 34.1. The van der Waals surface area contributed by atoms with E-state index < -0.39 is 18.1 Å². The fourth-order valence-corrected chi connectivity index (χ4v) is 5.32. The minimum absolute atomic E-state index is 0.0278. The molecule has 0 fully saturated rings. The van der Waals surface area contributed by atoms with Gasteiger partial charge in [0.2, 0.25) is 0 Å². The van der Waals surface area contributed by atoms with E-state index in [1.807, 2.05) is 21.1 Å². The quantitative estimate of drug-likeness (QED) is 0.0298. The lowest BCUT2D eigenvalue weighted by Crippen LogP contribution is -2.50. The Morgan fingerprint density at radius 2 is 1.02 bits per heavy atom. The van der Waals surface area contributed by atoms with Crippen molar-refractivity contribution in [1.29, 1.82) is 0 Å². The summed E-state index contributed by atoms with van der Waals surface area (Å²) in [4.78, 5) is 36.8. The minimum atomic E-state index is -0.892. The molecule has 8 nitrogen and oxygen atoms in total. The number of ether oxygens (including phenoxy) is 3. The van der Waals surface area contributed by atoms with E-state index in [2.05, 4.69) is 98.9 Å². The van der Waals surface area contributed by atoms with Gasteiger partial charge in [-0.1, -0.05) is 112 Å². The Morgan fingerprint density at radius 3 is 1.46 bits per heavy atom. The van der Waals surface area contributed by atoms with Gasteiger partial charge in [-0.25, -0.2) is 4.79 Å². The Balaban J connectivity index is 4.46. The smallest absolute Gasteiger partial charge is 0.362 e. The first kappa shape index (κ1) is 50.5. The zero-order valence-corrected chi connectivity index (χ0v) is 34.6. The van der Waals surface area contributed by atoms with E-state index in [4.69, 9.17) is 14.2 Å². The van der Waals surface area contributed by atoms with Gasteiger partial charge in [0.25, 0.3) is 0 Å². The van der Waals surface area contributed by atoms with Crippen LogP contribution in [0.1, 0.15) is 136 Å². The van der Waals surface area contributed by atoms with E-state index in [0.717, 1.165) is 64.2 Å². The van der Waals surface area contributed by atoms with Gasteiger partial charge < -0.3 is 23.8 Å². The van der Waals surface area contributed by atoms with Crippen molar-refractivity contribution in [3.8, 4) is 0 Å². The molecule has 8 heteroatoms. The second-order valence-corrected chi connectivity index (χ2v) is 14.5. The Bertz CT molecular complexity index is 1160. The second kappa shape index (κ2) is 36.5. The molecule has 0 aromatic rings. The molecular formula is C46H76NO7+. The predicted octanol–water partition coefficient (Wildman–Crippen LogP) is 11.0. The zero-order chi connectivity index (χ0) is 40.0. The summed E-state index contributed by atoms with van der Waals surface area (Å²) in [7, 11) is 5.48. The molecule has 0 bridgehead atoms. The summed E-state index contributed by atoms with van der Waals surface area (Å²) in [6.45, 7) is 4.47. The number of unbranched alkanes of at least 4 members (excludes halogenated alkanes) is 7. The van der Waals surface area contributed by atoms with Crippen LogP contribution in [0.15, 0.2) is 85.1 Å². The lowest BCUT2D eigenvalue weighted by Gasteiger charge is -2.31. The highest BCUT2D eigenvalue weighted by Crippen LogP contribution is 2.11. The van der Waals surface area contributed by atoms with Gasteiger partial charge in [0.05, 0.1) is 34.4 Å². The van der Waals surface area contributed by atoms with Crippen molar-refractivity contribution < 1.29 is 38.2 Å². The first-order chi connectivity index (χ1) is 26.1. The number of quaternary nitrogens is 1. The maximum atomic E-state index is 12.7. The monoisotopic (exact) mass is 755 g/mol. The molecule has 0 amide bonds. The maximum absolute atomic E-state index is 12.7. The lowest BCUT2D eigenvalue weighted by atomic mass is 10.1. The standard InChI is InChI=1S/C46H75NO7/c1-6-8-10-12-14-16-17-18-19-20-21-22-23-24-25-26-27-29-31-33-35-37-45(49)54-42(40-52-39-38-43(46(50)51)47(3,4)5)41-53-44(48)36-34-32-30-28-15-13-11-9-7-2/h9,11,14-16,18-19,21-22,24-25,27-29,42-43H,6-8,10,12-13,17,20,23,26,30-41H2,1-5H3/p+1/b11-9+,16-14+,19-18+,22-21+,25-24+,28-15+,29-27+. The van der Waals surface area contributed by atoms with Crippen molar-refractivity contribution in [2.24, 2.45) is 0 Å². The summed E-state index contributed by atoms with van der Waals surface area (Å²) in [5.74, 6) is -1.59. The van der Waals surface area contributed by atoms with Crippen LogP contribution < -0.4 is 0 Å². The maximum Gasteiger partial charge on any atom is 0.362 e. The predicted molar refractivity (Wildman–Crippen MR) is 224 cm³/mol. The van der Waals surface area contributed by atoms with Gasteiger partial charge in [-0.15, -0.1) is 0 Å². The molecule has 0 saturated heterocycles.